The van der Waals surface area contributed by atoms with Gasteiger partial charge in [0.1, 0.15) is 6.04 Å². The molecule has 110 valence electrons. The first-order chi connectivity index (χ1) is 9.56. The highest BCUT2D eigenvalue weighted by Crippen LogP contribution is 2.32. The maximum atomic E-state index is 12.4. The summed E-state index contributed by atoms with van der Waals surface area (Å²) in [5.74, 6) is -0.773. The summed E-state index contributed by atoms with van der Waals surface area (Å²) in [5.41, 5.74) is 0. The third-order valence-electron chi connectivity index (χ3n) is 4.56. The minimum atomic E-state index is -0.935. The van der Waals surface area contributed by atoms with Crippen LogP contribution in [0.4, 0.5) is 0 Å². The van der Waals surface area contributed by atoms with Gasteiger partial charge in [-0.2, -0.15) is 0 Å². The first-order valence-corrected chi connectivity index (χ1v) is 7.37. The smallest absolute Gasteiger partial charge is 0.326 e. The second kappa shape index (κ2) is 5.07. The summed E-state index contributed by atoms with van der Waals surface area (Å²) in [6, 6.07) is -0.699. The van der Waals surface area contributed by atoms with Gasteiger partial charge in [-0.15, -0.1) is 0 Å². The average molecular weight is 280 g/mol. The molecule has 6 nitrogen and oxygen atoms in total. The number of carbonyl (C=O) groups is 3. The van der Waals surface area contributed by atoms with Crippen LogP contribution in [0.3, 0.4) is 0 Å². The fourth-order valence-electron chi connectivity index (χ4n) is 3.25. The van der Waals surface area contributed by atoms with E-state index in [4.69, 9.17) is 5.11 Å². The van der Waals surface area contributed by atoms with Crippen molar-refractivity contribution in [3.63, 3.8) is 0 Å². The number of carboxylic acids is 1. The molecule has 6 heteroatoms. The Balaban J connectivity index is 1.62. The van der Waals surface area contributed by atoms with E-state index in [-0.39, 0.29) is 24.2 Å². The molecule has 1 saturated carbocycles. The number of nitrogens with zero attached hydrogens (tertiary/aromatic N) is 2. The highest BCUT2D eigenvalue weighted by atomic mass is 16.4. The van der Waals surface area contributed by atoms with Crippen LogP contribution < -0.4 is 0 Å². The lowest BCUT2D eigenvalue weighted by Gasteiger charge is -2.24. The van der Waals surface area contributed by atoms with E-state index in [0.717, 1.165) is 13.0 Å². The molecule has 0 radical (unpaired) electrons. The van der Waals surface area contributed by atoms with Crippen molar-refractivity contribution in [3.05, 3.63) is 0 Å². The van der Waals surface area contributed by atoms with Crippen molar-refractivity contribution in [1.29, 1.82) is 0 Å². The third-order valence-corrected chi connectivity index (χ3v) is 4.56. The Morgan fingerprint density at radius 3 is 2.65 bits per heavy atom. The number of rotatable bonds is 4. The van der Waals surface area contributed by atoms with Crippen LogP contribution in [-0.2, 0) is 14.4 Å². The van der Waals surface area contributed by atoms with Crippen LogP contribution in [0.5, 0.6) is 0 Å². The van der Waals surface area contributed by atoms with Gasteiger partial charge in [-0.3, -0.25) is 9.59 Å². The lowest BCUT2D eigenvalue weighted by Crippen LogP contribution is -2.44. The summed E-state index contributed by atoms with van der Waals surface area (Å²) in [6.07, 6.45) is 3.85. The molecule has 2 aliphatic heterocycles. The highest BCUT2D eigenvalue weighted by Gasteiger charge is 2.42. The van der Waals surface area contributed by atoms with Crippen LogP contribution in [0.25, 0.3) is 0 Å². The van der Waals surface area contributed by atoms with Crippen LogP contribution in [0, 0.1) is 11.8 Å². The lowest BCUT2D eigenvalue weighted by molar-refractivity contribution is -0.149. The topological polar surface area (TPSA) is 77.9 Å². The molecule has 3 aliphatic rings. The summed E-state index contributed by atoms with van der Waals surface area (Å²) < 4.78 is 0. The minimum Gasteiger partial charge on any atom is -0.480 e. The normalized spacial score (nSPS) is 30.1. The third kappa shape index (κ3) is 2.51. The number of likely N-dealkylation sites (tertiary alicyclic amines) is 2. The summed E-state index contributed by atoms with van der Waals surface area (Å²) in [4.78, 5) is 38.7. The fraction of sp³-hybridized carbons (Fsp3) is 0.786. The van der Waals surface area contributed by atoms with Crippen molar-refractivity contribution in [2.24, 2.45) is 11.8 Å². The summed E-state index contributed by atoms with van der Waals surface area (Å²) >= 11 is 0. The quantitative estimate of drug-likeness (QED) is 0.804. The van der Waals surface area contributed by atoms with Crippen LogP contribution >= 0.6 is 0 Å². The second-order valence-electron chi connectivity index (χ2n) is 6.17. The lowest BCUT2D eigenvalue weighted by atomic mass is 10.1. The van der Waals surface area contributed by atoms with E-state index < -0.39 is 12.0 Å². The van der Waals surface area contributed by atoms with Crippen molar-refractivity contribution < 1.29 is 19.5 Å². The maximum absolute atomic E-state index is 12.4. The van der Waals surface area contributed by atoms with Gasteiger partial charge in [0.2, 0.25) is 11.8 Å². The number of carboxylic acid groups (broad SMARTS) is 1. The molecule has 0 aromatic heterocycles. The van der Waals surface area contributed by atoms with Crippen LogP contribution in [0.1, 0.15) is 32.1 Å². The molecular weight excluding hydrogens is 260 g/mol. The molecule has 0 aromatic rings. The Morgan fingerprint density at radius 1 is 1.25 bits per heavy atom. The van der Waals surface area contributed by atoms with Crippen molar-refractivity contribution in [3.8, 4) is 0 Å². The molecule has 1 unspecified atom stereocenters. The van der Waals surface area contributed by atoms with Gasteiger partial charge in [-0.25, -0.2) is 4.79 Å². The van der Waals surface area contributed by atoms with Crippen LogP contribution in [-0.4, -0.2) is 58.4 Å². The van der Waals surface area contributed by atoms with Crippen molar-refractivity contribution >= 4 is 17.8 Å². The predicted octanol–water partition coefficient (Wildman–Crippen LogP) is 0.320. The van der Waals surface area contributed by atoms with E-state index in [1.165, 1.54) is 17.7 Å². The zero-order valence-corrected chi connectivity index (χ0v) is 11.5. The molecule has 3 rings (SSSR count). The van der Waals surface area contributed by atoms with Gasteiger partial charge < -0.3 is 14.9 Å². The second-order valence-corrected chi connectivity index (χ2v) is 6.17. The van der Waals surface area contributed by atoms with Gasteiger partial charge in [0.15, 0.2) is 0 Å². The van der Waals surface area contributed by atoms with E-state index in [1.807, 2.05) is 0 Å². The van der Waals surface area contributed by atoms with Gasteiger partial charge in [0.05, 0.1) is 5.92 Å². The summed E-state index contributed by atoms with van der Waals surface area (Å²) in [6.45, 7) is 1.74. The Labute approximate surface area is 117 Å². The first-order valence-electron chi connectivity index (χ1n) is 7.37. The molecule has 2 saturated heterocycles. The molecule has 0 bridgehead atoms. The average Bonchev–Trinajstić information content (AvgIpc) is 2.95. The van der Waals surface area contributed by atoms with E-state index in [0.29, 0.717) is 25.4 Å². The molecule has 2 atom stereocenters. The zero-order valence-electron chi connectivity index (χ0n) is 11.5. The fourth-order valence-corrected chi connectivity index (χ4v) is 3.25. The largest absolute Gasteiger partial charge is 0.480 e. The van der Waals surface area contributed by atoms with Crippen LogP contribution in [0.15, 0.2) is 0 Å². The number of aliphatic carboxylic acids is 1. The molecule has 2 heterocycles. The molecule has 0 aromatic carbocycles. The number of carbonyl (C=O) groups excluding carboxylic acids is 2. The van der Waals surface area contributed by atoms with Gasteiger partial charge in [0, 0.05) is 26.1 Å². The highest BCUT2D eigenvalue weighted by molar-refractivity contribution is 5.91. The Hall–Kier alpha value is -1.59. The maximum Gasteiger partial charge on any atom is 0.326 e. The zero-order chi connectivity index (χ0) is 14.3. The van der Waals surface area contributed by atoms with E-state index >= 15 is 0 Å². The predicted molar refractivity (Wildman–Crippen MR) is 69.8 cm³/mol. The Bertz CT molecular complexity index is 446. The minimum absolute atomic E-state index is 0.0429. The standard InChI is InChI=1S/C14H20N2O4/c17-12-6-10(8-15(12)7-9-3-4-9)13(18)16-5-1-2-11(16)14(19)20/h9-11H,1-8H2,(H,19,20)/t10?,11-/m1/s1. The van der Waals surface area contributed by atoms with E-state index in [9.17, 15) is 14.4 Å². The van der Waals surface area contributed by atoms with Crippen LogP contribution in [0.2, 0.25) is 0 Å². The van der Waals surface area contributed by atoms with Crippen molar-refractivity contribution in [2.45, 2.75) is 38.1 Å². The molecule has 1 aliphatic carbocycles. The SMILES string of the molecule is O=C(O)[C@H]1CCCN1C(=O)C1CC(=O)N(CC2CC2)C1. The number of hydrogen-bond donors (Lipinski definition) is 1. The van der Waals surface area contributed by atoms with Gasteiger partial charge in [-0.05, 0) is 31.6 Å². The van der Waals surface area contributed by atoms with E-state index in [2.05, 4.69) is 0 Å². The monoisotopic (exact) mass is 280 g/mol. The first kappa shape index (κ1) is 13.4. The number of hydrogen-bond acceptors (Lipinski definition) is 3. The number of amides is 2. The molecule has 20 heavy (non-hydrogen) atoms. The van der Waals surface area contributed by atoms with Crippen molar-refractivity contribution in [1.82, 2.24) is 9.80 Å². The Kier molecular flexibility index (Phi) is 3.40. The van der Waals surface area contributed by atoms with E-state index in [1.54, 1.807) is 4.90 Å². The van der Waals surface area contributed by atoms with Crippen molar-refractivity contribution in [2.75, 3.05) is 19.6 Å². The summed E-state index contributed by atoms with van der Waals surface area (Å²) in [7, 11) is 0. The molecule has 0 spiro atoms. The van der Waals surface area contributed by atoms with Gasteiger partial charge in [0.25, 0.3) is 0 Å². The summed E-state index contributed by atoms with van der Waals surface area (Å²) in [5, 5.41) is 9.14. The molecular formula is C14H20N2O4. The van der Waals surface area contributed by atoms with Gasteiger partial charge >= 0.3 is 5.97 Å². The Morgan fingerprint density at radius 2 is 2.00 bits per heavy atom. The molecule has 3 fully saturated rings. The molecule has 1 N–H and O–H groups in total. The molecule has 2 amide bonds. The van der Waals surface area contributed by atoms with Gasteiger partial charge in [-0.1, -0.05) is 0 Å².